The minimum Gasteiger partial charge on any atom is -0.459 e. The van der Waals surface area contributed by atoms with Crippen molar-refractivity contribution in [2.45, 2.75) is 6.92 Å². The Morgan fingerprint density at radius 1 is 1.15 bits per heavy atom. The van der Waals surface area contributed by atoms with Crippen LogP contribution >= 0.6 is 0 Å². The molecule has 0 unspecified atom stereocenters. The van der Waals surface area contributed by atoms with Crippen LogP contribution in [0.3, 0.4) is 0 Å². The molecule has 1 N–H and O–H groups in total. The van der Waals surface area contributed by atoms with E-state index in [-0.39, 0.29) is 5.76 Å². The third kappa shape index (κ3) is 2.33. The van der Waals surface area contributed by atoms with Crippen molar-refractivity contribution >= 4 is 22.6 Å². The van der Waals surface area contributed by atoms with Crippen molar-refractivity contribution in [3.63, 3.8) is 0 Å². The Bertz CT molecular complexity index is 736. The summed E-state index contributed by atoms with van der Waals surface area (Å²) >= 11 is 0. The van der Waals surface area contributed by atoms with E-state index in [2.05, 4.69) is 10.5 Å². The van der Waals surface area contributed by atoms with Gasteiger partial charge in [-0.05, 0) is 31.2 Å². The molecule has 0 aliphatic heterocycles. The summed E-state index contributed by atoms with van der Waals surface area (Å²) in [5.74, 6) is 0.433. The fraction of sp³-hybridized carbons (Fsp3) is 0.0667. The maximum absolute atomic E-state index is 11.7. The van der Waals surface area contributed by atoms with Gasteiger partial charge in [-0.3, -0.25) is 4.79 Å². The summed E-state index contributed by atoms with van der Waals surface area (Å²) < 4.78 is 10.6. The maximum atomic E-state index is 11.7. The number of carbonyl (C=O) groups is 1. The second-order valence-corrected chi connectivity index (χ2v) is 4.26. The molecule has 2 heterocycles. The molecule has 0 radical (unpaired) electrons. The SMILES string of the molecule is CC(=NNC(=O)c1ccco1)c1cc2ccccc2o1. The first kappa shape index (κ1) is 12.2. The maximum Gasteiger partial charge on any atom is 0.307 e. The number of nitrogens with zero attached hydrogens (tertiary/aromatic N) is 1. The van der Waals surface area contributed by atoms with Crippen molar-refractivity contribution in [1.29, 1.82) is 0 Å². The predicted molar refractivity (Wildman–Crippen MR) is 74.6 cm³/mol. The van der Waals surface area contributed by atoms with E-state index < -0.39 is 5.91 Å². The molecule has 1 aromatic carbocycles. The molecule has 1 amide bonds. The summed E-state index contributed by atoms with van der Waals surface area (Å²) in [6.07, 6.45) is 1.44. The third-order valence-corrected chi connectivity index (χ3v) is 2.85. The lowest BCUT2D eigenvalue weighted by Crippen LogP contribution is -2.18. The monoisotopic (exact) mass is 268 g/mol. The molecule has 3 aromatic rings. The summed E-state index contributed by atoms with van der Waals surface area (Å²) in [4.78, 5) is 11.7. The molecule has 0 aliphatic rings. The lowest BCUT2D eigenvalue weighted by molar-refractivity contribution is 0.0927. The molecular weight excluding hydrogens is 256 g/mol. The van der Waals surface area contributed by atoms with E-state index in [1.165, 1.54) is 6.26 Å². The highest BCUT2D eigenvalue weighted by Crippen LogP contribution is 2.19. The molecule has 0 atom stereocenters. The Morgan fingerprint density at radius 2 is 2.00 bits per heavy atom. The highest BCUT2D eigenvalue weighted by Gasteiger charge is 2.09. The normalized spacial score (nSPS) is 11.8. The van der Waals surface area contributed by atoms with Crippen LogP contribution < -0.4 is 5.43 Å². The number of fused-ring (bicyclic) bond motifs is 1. The quantitative estimate of drug-likeness (QED) is 0.586. The smallest absolute Gasteiger partial charge is 0.307 e. The zero-order valence-corrected chi connectivity index (χ0v) is 10.8. The molecule has 20 heavy (non-hydrogen) atoms. The van der Waals surface area contributed by atoms with Crippen LogP contribution in [0.1, 0.15) is 23.2 Å². The van der Waals surface area contributed by atoms with Gasteiger partial charge < -0.3 is 8.83 Å². The standard InChI is InChI=1S/C15H12N2O3/c1-10(16-17-15(18)13-7-4-8-19-13)14-9-11-5-2-3-6-12(11)20-14/h2-9H,1H3,(H,17,18). The van der Waals surface area contributed by atoms with Gasteiger partial charge in [0, 0.05) is 5.39 Å². The molecule has 0 saturated carbocycles. The van der Waals surface area contributed by atoms with Crippen LogP contribution in [-0.2, 0) is 0 Å². The first-order chi connectivity index (χ1) is 9.74. The number of amides is 1. The Morgan fingerprint density at radius 3 is 2.75 bits per heavy atom. The second-order valence-electron chi connectivity index (χ2n) is 4.26. The summed E-state index contributed by atoms with van der Waals surface area (Å²) in [7, 11) is 0. The molecule has 100 valence electrons. The zero-order chi connectivity index (χ0) is 13.9. The van der Waals surface area contributed by atoms with Gasteiger partial charge in [0.05, 0.1) is 6.26 Å². The minimum atomic E-state index is -0.398. The van der Waals surface area contributed by atoms with Gasteiger partial charge in [0.15, 0.2) is 11.5 Å². The first-order valence-electron chi connectivity index (χ1n) is 6.11. The Labute approximate surface area is 114 Å². The molecule has 0 saturated heterocycles. The van der Waals surface area contributed by atoms with Gasteiger partial charge in [-0.25, -0.2) is 5.43 Å². The number of rotatable bonds is 3. The Hall–Kier alpha value is -2.82. The molecule has 0 spiro atoms. The topological polar surface area (TPSA) is 67.7 Å². The number of para-hydroxylation sites is 1. The van der Waals surface area contributed by atoms with Gasteiger partial charge in [0.25, 0.3) is 0 Å². The summed E-state index contributed by atoms with van der Waals surface area (Å²) in [5.41, 5.74) is 3.79. The fourth-order valence-electron chi connectivity index (χ4n) is 1.81. The Balaban J connectivity index is 1.79. The highest BCUT2D eigenvalue weighted by atomic mass is 16.3. The van der Waals surface area contributed by atoms with E-state index in [4.69, 9.17) is 8.83 Å². The van der Waals surface area contributed by atoms with E-state index in [1.54, 1.807) is 19.1 Å². The van der Waals surface area contributed by atoms with Crippen molar-refractivity contribution in [3.8, 4) is 0 Å². The lowest BCUT2D eigenvalue weighted by atomic mass is 10.2. The minimum absolute atomic E-state index is 0.214. The second kappa shape index (κ2) is 5.05. The van der Waals surface area contributed by atoms with Crippen LogP contribution in [0.4, 0.5) is 0 Å². The van der Waals surface area contributed by atoms with E-state index >= 15 is 0 Å². The van der Waals surface area contributed by atoms with Gasteiger partial charge in [0.1, 0.15) is 11.3 Å². The highest BCUT2D eigenvalue weighted by molar-refractivity contribution is 6.01. The summed E-state index contributed by atoms with van der Waals surface area (Å²) in [6.45, 7) is 1.76. The number of benzene rings is 1. The molecule has 0 fully saturated rings. The van der Waals surface area contributed by atoms with Crippen molar-refractivity contribution in [2.75, 3.05) is 0 Å². The molecule has 5 nitrogen and oxygen atoms in total. The van der Waals surface area contributed by atoms with Crippen LogP contribution in [-0.4, -0.2) is 11.6 Å². The molecule has 2 aromatic heterocycles. The number of hydrazone groups is 1. The van der Waals surface area contributed by atoms with E-state index in [9.17, 15) is 4.79 Å². The predicted octanol–water partition coefficient (Wildman–Crippen LogP) is 3.18. The number of furan rings is 2. The number of nitrogens with one attached hydrogen (secondary N) is 1. The molecular formula is C15H12N2O3. The number of carbonyl (C=O) groups excluding carboxylic acids is 1. The van der Waals surface area contributed by atoms with Crippen LogP contribution in [0.2, 0.25) is 0 Å². The molecule has 0 aliphatic carbocycles. The van der Waals surface area contributed by atoms with E-state index in [0.29, 0.717) is 11.5 Å². The van der Waals surface area contributed by atoms with Gasteiger partial charge >= 0.3 is 5.91 Å². The lowest BCUT2D eigenvalue weighted by Gasteiger charge is -1.97. The van der Waals surface area contributed by atoms with Gasteiger partial charge in [-0.1, -0.05) is 18.2 Å². The Kier molecular flexibility index (Phi) is 3.09. The van der Waals surface area contributed by atoms with E-state index in [1.807, 2.05) is 30.3 Å². The van der Waals surface area contributed by atoms with Crippen LogP contribution in [0.15, 0.2) is 62.7 Å². The van der Waals surface area contributed by atoms with Crippen molar-refractivity contribution in [3.05, 3.63) is 60.2 Å². The summed E-state index contributed by atoms with van der Waals surface area (Å²) in [6, 6.07) is 12.8. The van der Waals surface area contributed by atoms with Crippen LogP contribution in [0, 0.1) is 0 Å². The zero-order valence-electron chi connectivity index (χ0n) is 10.8. The average molecular weight is 268 g/mol. The van der Waals surface area contributed by atoms with Crippen LogP contribution in [0.5, 0.6) is 0 Å². The van der Waals surface area contributed by atoms with Gasteiger partial charge in [-0.15, -0.1) is 0 Å². The molecule has 5 heteroatoms. The number of hydrogen-bond acceptors (Lipinski definition) is 4. The fourth-order valence-corrected chi connectivity index (χ4v) is 1.81. The summed E-state index contributed by atoms with van der Waals surface area (Å²) in [5, 5.41) is 5.00. The largest absolute Gasteiger partial charge is 0.459 e. The first-order valence-corrected chi connectivity index (χ1v) is 6.11. The van der Waals surface area contributed by atoms with E-state index in [0.717, 1.165) is 11.0 Å². The molecule has 3 rings (SSSR count). The van der Waals surface area contributed by atoms with Crippen LogP contribution in [0.25, 0.3) is 11.0 Å². The van der Waals surface area contributed by atoms with Crippen molar-refractivity contribution < 1.29 is 13.6 Å². The molecule has 0 bridgehead atoms. The van der Waals surface area contributed by atoms with Gasteiger partial charge in [-0.2, -0.15) is 5.10 Å². The van der Waals surface area contributed by atoms with Gasteiger partial charge in [0.2, 0.25) is 0 Å². The van der Waals surface area contributed by atoms with Crippen molar-refractivity contribution in [2.24, 2.45) is 5.10 Å². The third-order valence-electron chi connectivity index (χ3n) is 2.85. The number of hydrogen-bond donors (Lipinski definition) is 1. The average Bonchev–Trinajstić information content (AvgIpc) is 3.12. The van der Waals surface area contributed by atoms with Crippen molar-refractivity contribution in [1.82, 2.24) is 5.43 Å².